The fraction of sp³-hybridized carbons (Fsp3) is 0.278. The second-order valence-corrected chi connectivity index (χ2v) is 6.30. The van der Waals surface area contributed by atoms with E-state index in [1.54, 1.807) is 0 Å². The minimum atomic E-state index is -5.11. The van der Waals surface area contributed by atoms with Crippen LogP contribution in [0, 0.1) is 11.6 Å². The first-order chi connectivity index (χ1) is 12.9. The number of oxime groups is 1. The third-order valence-electron chi connectivity index (χ3n) is 4.62. The number of aryl methyl sites for hydroxylation is 1. The third kappa shape index (κ3) is 3.55. The molecule has 1 unspecified atom stereocenters. The molecule has 150 valence electrons. The van der Waals surface area contributed by atoms with E-state index in [9.17, 15) is 40.3 Å². The Labute approximate surface area is 153 Å². The summed E-state index contributed by atoms with van der Waals surface area (Å²) in [4.78, 5) is 0. The number of hydrogen-bond acceptors (Lipinski definition) is 2. The first kappa shape index (κ1) is 20.1. The molecule has 1 aliphatic rings. The summed E-state index contributed by atoms with van der Waals surface area (Å²) in [6.45, 7) is 0. The van der Waals surface area contributed by atoms with Gasteiger partial charge in [0.2, 0.25) is 0 Å². The average molecular weight is 409 g/mol. The molecule has 10 heteroatoms. The lowest BCUT2D eigenvalue weighted by Crippen LogP contribution is -2.25. The second kappa shape index (κ2) is 6.75. The number of halogens is 8. The Morgan fingerprint density at radius 3 is 2.11 bits per heavy atom. The highest BCUT2D eigenvalue weighted by Gasteiger charge is 2.41. The first-order valence-corrected chi connectivity index (χ1v) is 7.92. The van der Waals surface area contributed by atoms with Crippen LogP contribution in [-0.2, 0) is 18.8 Å². The minimum absolute atomic E-state index is 0.00884. The Morgan fingerprint density at radius 1 is 0.893 bits per heavy atom. The Bertz CT molecular complexity index is 946. The van der Waals surface area contributed by atoms with E-state index in [-0.39, 0.29) is 35.7 Å². The van der Waals surface area contributed by atoms with Gasteiger partial charge in [-0.3, -0.25) is 0 Å². The standard InChI is InChI=1S/C18H11F8NO/c19-14-5-8-1-3-11(16(27-28)12(8)7-15(14)20)10-4-2-9(17(21,22)23)6-13(10)18(24,25)26/h2,4-7,11,28H,1,3H2/b27-16-. The molecule has 0 fully saturated rings. The van der Waals surface area contributed by atoms with Crippen molar-refractivity contribution < 1.29 is 40.3 Å². The lowest BCUT2D eigenvalue weighted by molar-refractivity contribution is -0.143. The number of fused-ring (bicyclic) bond motifs is 1. The number of hydrogen-bond donors (Lipinski definition) is 1. The summed E-state index contributed by atoms with van der Waals surface area (Å²) in [5, 5.41) is 12.3. The molecule has 2 aromatic rings. The van der Waals surface area contributed by atoms with Gasteiger partial charge in [-0.1, -0.05) is 11.2 Å². The summed E-state index contributed by atoms with van der Waals surface area (Å²) in [5.74, 6) is -3.70. The lowest BCUT2D eigenvalue weighted by Gasteiger charge is -2.28. The van der Waals surface area contributed by atoms with Gasteiger partial charge in [0.15, 0.2) is 11.6 Å². The number of alkyl halides is 6. The monoisotopic (exact) mass is 409 g/mol. The Kier molecular flexibility index (Phi) is 4.84. The van der Waals surface area contributed by atoms with Gasteiger partial charge in [0.25, 0.3) is 0 Å². The van der Waals surface area contributed by atoms with Crippen molar-refractivity contribution in [2.75, 3.05) is 0 Å². The van der Waals surface area contributed by atoms with Gasteiger partial charge >= 0.3 is 12.4 Å². The summed E-state index contributed by atoms with van der Waals surface area (Å²) in [5.41, 5.74) is -3.78. The lowest BCUT2D eigenvalue weighted by atomic mass is 9.76. The molecule has 1 atom stereocenters. The first-order valence-electron chi connectivity index (χ1n) is 7.92. The summed E-state index contributed by atoms with van der Waals surface area (Å²) >= 11 is 0. The molecule has 1 aliphatic carbocycles. The fourth-order valence-electron chi connectivity index (χ4n) is 3.37. The maximum atomic E-state index is 13.6. The molecule has 3 rings (SSSR count). The molecule has 0 aliphatic heterocycles. The van der Waals surface area contributed by atoms with Crippen molar-refractivity contribution in [3.63, 3.8) is 0 Å². The Balaban J connectivity index is 2.16. The highest BCUT2D eigenvalue weighted by molar-refractivity contribution is 6.07. The highest BCUT2D eigenvalue weighted by Crippen LogP contribution is 2.43. The van der Waals surface area contributed by atoms with Crippen molar-refractivity contribution in [2.24, 2.45) is 5.16 Å². The predicted octanol–water partition coefficient (Wildman–Crippen LogP) is 5.91. The van der Waals surface area contributed by atoms with Crippen LogP contribution in [0.4, 0.5) is 35.1 Å². The zero-order valence-corrected chi connectivity index (χ0v) is 13.8. The van der Waals surface area contributed by atoms with Gasteiger partial charge in [0, 0.05) is 11.5 Å². The fourth-order valence-corrected chi connectivity index (χ4v) is 3.37. The second-order valence-electron chi connectivity index (χ2n) is 6.30. The zero-order chi connectivity index (χ0) is 20.9. The van der Waals surface area contributed by atoms with Gasteiger partial charge in [-0.2, -0.15) is 26.3 Å². The Morgan fingerprint density at radius 2 is 1.54 bits per heavy atom. The van der Waals surface area contributed by atoms with Crippen LogP contribution >= 0.6 is 0 Å². The third-order valence-corrected chi connectivity index (χ3v) is 4.62. The Hall–Kier alpha value is -2.65. The molecule has 0 radical (unpaired) electrons. The predicted molar refractivity (Wildman–Crippen MR) is 82.2 cm³/mol. The van der Waals surface area contributed by atoms with Crippen LogP contribution in [0.15, 0.2) is 35.5 Å². The maximum Gasteiger partial charge on any atom is 0.416 e. The van der Waals surface area contributed by atoms with Crippen LogP contribution in [-0.4, -0.2) is 10.9 Å². The molecular weight excluding hydrogens is 398 g/mol. The van der Waals surface area contributed by atoms with E-state index in [1.165, 1.54) is 0 Å². The van der Waals surface area contributed by atoms with E-state index in [0.717, 1.165) is 6.07 Å². The summed E-state index contributed by atoms with van der Waals surface area (Å²) in [6, 6.07) is 2.71. The molecule has 0 spiro atoms. The smallest absolute Gasteiger partial charge is 0.411 e. The van der Waals surface area contributed by atoms with Gasteiger partial charge in [0.05, 0.1) is 16.8 Å². The molecule has 2 nitrogen and oxygen atoms in total. The number of nitrogens with zero attached hydrogens (tertiary/aromatic N) is 1. The van der Waals surface area contributed by atoms with Crippen LogP contribution in [0.3, 0.4) is 0 Å². The SMILES string of the molecule is O/N=C1\c2cc(F)c(F)cc2CCC1c1ccc(C(F)(F)F)cc1C(F)(F)F. The van der Waals surface area contributed by atoms with Crippen LogP contribution in [0.5, 0.6) is 0 Å². The van der Waals surface area contributed by atoms with Crippen molar-refractivity contribution in [3.8, 4) is 0 Å². The molecule has 0 bridgehead atoms. The van der Waals surface area contributed by atoms with E-state index in [2.05, 4.69) is 5.16 Å². The van der Waals surface area contributed by atoms with Crippen molar-refractivity contribution in [1.29, 1.82) is 0 Å². The van der Waals surface area contributed by atoms with E-state index in [1.807, 2.05) is 0 Å². The normalized spacial score (nSPS) is 19.0. The van der Waals surface area contributed by atoms with E-state index < -0.39 is 46.6 Å². The molecule has 0 amide bonds. The molecular formula is C18H11F8NO. The van der Waals surface area contributed by atoms with E-state index in [4.69, 9.17) is 0 Å². The van der Waals surface area contributed by atoms with Crippen molar-refractivity contribution in [2.45, 2.75) is 31.1 Å². The van der Waals surface area contributed by atoms with Crippen LogP contribution in [0.1, 0.15) is 40.2 Å². The van der Waals surface area contributed by atoms with Crippen LogP contribution in [0.2, 0.25) is 0 Å². The van der Waals surface area contributed by atoms with E-state index in [0.29, 0.717) is 18.2 Å². The van der Waals surface area contributed by atoms with Gasteiger partial charge < -0.3 is 5.21 Å². The molecule has 2 aromatic carbocycles. The van der Waals surface area contributed by atoms with E-state index >= 15 is 0 Å². The largest absolute Gasteiger partial charge is 0.416 e. The molecule has 0 aromatic heterocycles. The van der Waals surface area contributed by atoms with Crippen LogP contribution in [0.25, 0.3) is 0 Å². The molecule has 28 heavy (non-hydrogen) atoms. The van der Waals surface area contributed by atoms with Crippen molar-refractivity contribution >= 4 is 5.71 Å². The van der Waals surface area contributed by atoms with Crippen LogP contribution < -0.4 is 0 Å². The summed E-state index contributed by atoms with van der Waals surface area (Å²) < 4.78 is 106. The van der Waals surface area contributed by atoms with Gasteiger partial charge in [-0.15, -0.1) is 0 Å². The van der Waals surface area contributed by atoms with Gasteiger partial charge in [-0.25, -0.2) is 8.78 Å². The maximum absolute atomic E-state index is 13.6. The molecule has 1 N–H and O–H groups in total. The topological polar surface area (TPSA) is 32.6 Å². The zero-order valence-electron chi connectivity index (χ0n) is 13.8. The molecule has 0 saturated heterocycles. The molecule has 0 heterocycles. The highest BCUT2D eigenvalue weighted by atomic mass is 19.4. The summed E-state index contributed by atoms with van der Waals surface area (Å²) in [7, 11) is 0. The number of rotatable bonds is 1. The minimum Gasteiger partial charge on any atom is -0.411 e. The summed E-state index contributed by atoms with van der Waals surface area (Å²) in [6.07, 6.45) is -10.2. The molecule has 0 saturated carbocycles. The average Bonchev–Trinajstić information content (AvgIpc) is 2.60. The van der Waals surface area contributed by atoms with Crippen molar-refractivity contribution in [3.05, 3.63) is 69.8 Å². The quantitative estimate of drug-likeness (QED) is 0.355. The van der Waals surface area contributed by atoms with Gasteiger partial charge in [0.1, 0.15) is 0 Å². The van der Waals surface area contributed by atoms with Crippen molar-refractivity contribution in [1.82, 2.24) is 0 Å². The van der Waals surface area contributed by atoms with Gasteiger partial charge in [-0.05, 0) is 48.2 Å². The number of benzene rings is 2.